The molecule has 0 aliphatic carbocycles. The Balaban J connectivity index is 1.72. The van der Waals surface area contributed by atoms with Gasteiger partial charge >= 0.3 is 0 Å². The second-order valence-corrected chi connectivity index (χ2v) is 8.76. The third-order valence-electron chi connectivity index (χ3n) is 4.82. The van der Waals surface area contributed by atoms with Gasteiger partial charge in [0.1, 0.15) is 5.75 Å². The molecule has 1 aliphatic heterocycles. The number of hydrogen-bond donors (Lipinski definition) is 1. The van der Waals surface area contributed by atoms with Gasteiger partial charge in [-0.25, -0.2) is 21.6 Å². The predicted molar refractivity (Wildman–Crippen MR) is 104 cm³/mol. The number of rotatable bonds is 6. The minimum atomic E-state index is -3.84. The maximum absolute atomic E-state index is 13.8. The first-order chi connectivity index (χ1) is 14.2. The molecule has 1 aliphatic rings. The van der Waals surface area contributed by atoms with E-state index >= 15 is 0 Å². The van der Waals surface area contributed by atoms with Crippen LogP contribution in [0.15, 0.2) is 41.3 Å². The Bertz CT molecular complexity index is 1030. The molecule has 1 fully saturated rings. The summed E-state index contributed by atoms with van der Waals surface area (Å²) in [6.45, 7) is 2.40. The first-order valence-electron chi connectivity index (χ1n) is 9.41. The maximum Gasteiger partial charge on any atom is 0.243 e. The van der Waals surface area contributed by atoms with E-state index in [-0.39, 0.29) is 18.0 Å². The average molecular weight is 442 g/mol. The number of nitrogens with one attached hydrogen (secondary N) is 1. The van der Waals surface area contributed by atoms with Crippen molar-refractivity contribution in [3.05, 3.63) is 53.8 Å². The minimum absolute atomic E-state index is 0.0682. The van der Waals surface area contributed by atoms with Crippen LogP contribution in [-0.2, 0) is 14.8 Å². The largest absolute Gasteiger partial charge is 0.494 e. The second-order valence-electron chi connectivity index (χ2n) is 6.82. The van der Waals surface area contributed by atoms with E-state index in [1.54, 1.807) is 12.1 Å². The van der Waals surface area contributed by atoms with E-state index in [9.17, 15) is 26.4 Å². The van der Waals surface area contributed by atoms with Crippen molar-refractivity contribution in [3.8, 4) is 5.75 Å². The third kappa shape index (κ3) is 4.59. The van der Waals surface area contributed by atoms with Gasteiger partial charge in [0, 0.05) is 13.1 Å². The van der Waals surface area contributed by atoms with Crippen LogP contribution >= 0.6 is 0 Å². The number of amides is 1. The summed E-state index contributed by atoms with van der Waals surface area (Å²) in [5, 5.41) is 2.22. The molecule has 6 nitrogen and oxygen atoms in total. The Labute approximate surface area is 172 Å². The molecular weight excluding hydrogens is 421 g/mol. The number of piperidine rings is 1. The SMILES string of the molecule is CCOc1ccc(S(=O)(=O)N2CCCC(C(=O)Nc3ccc(F)c(F)c3F)C2)cc1. The summed E-state index contributed by atoms with van der Waals surface area (Å²) >= 11 is 0. The molecular formula is C20H21F3N2O4S. The molecule has 0 saturated carbocycles. The van der Waals surface area contributed by atoms with E-state index in [0.717, 1.165) is 6.07 Å². The fourth-order valence-electron chi connectivity index (χ4n) is 3.26. The van der Waals surface area contributed by atoms with Gasteiger partial charge in [-0.1, -0.05) is 0 Å². The van der Waals surface area contributed by atoms with E-state index in [2.05, 4.69) is 5.32 Å². The molecule has 1 unspecified atom stereocenters. The van der Waals surface area contributed by atoms with Crippen LogP contribution in [0.5, 0.6) is 5.75 Å². The van der Waals surface area contributed by atoms with Crippen LogP contribution < -0.4 is 10.1 Å². The van der Waals surface area contributed by atoms with Crippen molar-refractivity contribution in [1.29, 1.82) is 0 Å². The van der Waals surface area contributed by atoms with Crippen LogP contribution in [0.2, 0.25) is 0 Å². The lowest BCUT2D eigenvalue weighted by atomic mass is 9.98. The molecule has 1 amide bonds. The van der Waals surface area contributed by atoms with Gasteiger partial charge in [0.05, 0.1) is 23.1 Å². The molecule has 162 valence electrons. The lowest BCUT2D eigenvalue weighted by Gasteiger charge is -2.31. The molecule has 0 spiro atoms. The quantitative estimate of drug-likeness (QED) is 0.695. The maximum atomic E-state index is 13.8. The summed E-state index contributed by atoms with van der Waals surface area (Å²) in [5.74, 6) is -5.43. The van der Waals surface area contributed by atoms with Crippen molar-refractivity contribution in [3.63, 3.8) is 0 Å². The number of benzene rings is 2. The Morgan fingerprint density at radius 1 is 1.13 bits per heavy atom. The normalized spacial score (nSPS) is 17.5. The number of halogens is 3. The molecule has 0 radical (unpaired) electrons. The topological polar surface area (TPSA) is 75.7 Å². The van der Waals surface area contributed by atoms with Crippen molar-refractivity contribution < 1.29 is 31.1 Å². The summed E-state index contributed by atoms with van der Waals surface area (Å²) in [4.78, 5) is 12.6. The molecule has 2 aromatic carbocycles. The van der Waals surface area contributed by atoms with E-state index in [4.69, 9.17) is 4.74 Å². The molecule has 0 bridgehead atoms. The Morgan fingerprint density at radius 2 is 1.83 bits per heavy atom. The summed E-state index contributed by atoms with van der Waals surface area (Å²) < 4.78 is 72.6. The zero-order valence-electron chi connectivity index (χ0n) is 16.2. The summed E-state index contributed by atoms with van der Waals surface area (Å²) in [6.07, 6.45) is 0.807. The molecule has 1 saturated heterocycles. The molecule has 1 heterocycles. The van der Waals surface area contributed by atoms with E-state index in [1.165, 1.54) is 16.4 Å². The van der Waals surface area contributed by atoms with Gasteiger partial charge in [0.25, 0.3) is 0 Å². The van der Waals surface area contributed by atoms with Gasteiger partial charge in [-0.3, -0.25) is 4.79 Å². The Morgan fingerprint density at radius 3 is 2.50 bits per heavy atom. The molecule has 30 heavy (non-hydrogen) atoms. The van der Waals surface area contributed by atoms with Crippen LogP contribution in [0.25, 0.3) is 0 Å². The van der Waals surface area contributed by atoms with Crippen molar-refractivity contribution in [1.82, 2.24) is 4.31 Å². The summed E-state index contributed by atoms with van der Waals surface area (Å²) in [5.41, 5.74) is -0.495. The number of carbonyl (C=O) groups excluding carboxylic acids is 1. The van der Waals surface area contributed by atoms with Gasteiger partial charge in [-0.15, -0.1) is 0 Å². The van der Waals surface area contributed by atoms with Crippen molar-refractivity contribution >= 4 is 21.6 Å². The van der Waals surface area contributed by atoms with Crippen molar-refractivity contribution in [2.45, 2.75) is 24.7 Å². The predicted octanol–water partition coefficient (Wildman–Crippen LogP) is 3.54. The fraction of sp³-hybridized carbons (Fsp3) is 0.350. The number of hydrogen-bond acceptors (Lipinski definition) is 4. The Kier molecular flexibility index (Phi) is 6.67. The average Bonchev–Trinajstić information content (AvgIpc) is 2.75. The van der Waals surface area contributed by atoms with Crippen LogP contribution in [0.4, 0.5) is 18.9 Å². The number of sulfonamides is 1. The second kappa shape index (κ2) is 9.05. The van der Waals surface area contributed by atoms with Crippen molar-refractivity contribution in [2.75, 3.05) is 25.0 Å². The van der Waals surface area contributed by atoms with Crippen molar-refractivity contribution in [2.24, 2.45) is 5.92 Å². The monoisotopic (exact) mass is 442 g/mol. The summed E-state index contributed by atoms with van der Waals surface area (Å²) in [6, 6.07) is 7.59. The lowest BCUT2D eigenvalue weighted by Crippen LogP contribution is -2.43. The number of anilines is 1. The molecule has 2 aromatic rings. The van der Waals surface area contributed by atoms with Crippen LogP contribution in [0.1, 0.15) is 19.8 Å². The number of nitrogens with zero attached hydrogens (tertiary/aromatic N) is 1. The summed E-state index contributed by atoms with van der Waals surface area (Å²) in [7, 11) is -3.84. The molecule has 0 aromatic heterocycles. The first kappa shape index (κ1) is 22.1. The lowest BCUT2D eigenvalue weighted by molar-refractivity contribution is -0.120. The van der Waals surface area contributed by atoms with Gasteiger partial charge in [-0.05, 0) is 56.2 Å². The highest BCUT2D eigenvalue weighted by atomic mass is 32.2. The number of ether oxygens (including phenoxy) is 1. The van der Waals surface area contributed by atoms with Gasteiger partial charge in [-0.2, -0.15) is 4.31 Å². The highest BCUT2D eigenvalue weighted by Crippen LogP contribution is 2.27. The van der Waals surface area contributed by atoms with Crippen LogP contribution in [-0.4, -0.2) is 38.3 Å². The highest BCUT2D eigenvalue weighted by Gasteiger charge is 2.33. The highest BCUT2D eigenvalue weighted by molar-refractivity contribution is 7.89. The van der Waals surface area contributed by atoms with Gasteiger partial charge in [0.15, 0.2) is 17.5 Å². The fourth-order valence-corrected chi connectivity index (χ4v) is 4.78. The minimum Gasteiger partial charge on any atom is -0.494 e. The van der Waals surface area contributed by atoms with Gasteiger partial charge in [0.2, 0.25) is 15.9 Å². The standard InChI is InChI=1S/C20H21F3N2O4S/c1-2-29-14-5-7-15(8-6-14)30(27,28)25-11-3-4-13(12-25)20(26)24-17-10-9-16(21)18(22)19(17)23/h5-10,13H,2-4,11-12H2,1H3,(H,24,26). The van der Waals surface area contributed by atoms with Crippen LogP contribution in [0.3, 0.4) is 0 Å². The zero-order chi connectivity index (χ0) is 21.9. The first-order valence-corrected chi connectivity index (χ1v) is 10.9. The number of carbonyl (C=O) groups is 1. The van der Waals surface area contributed by atoms with Gasteiger partial charge < -0.3 is 10.1 Å². The Hall–Kier alpha value is -2.59. The van der Waals surface area contributed by atoms with E-state index < -0.39 is 45.0 Å². The third-order valence-corrected chi connectivity index (χ3v) is 6.70. The zero-order valence-corrected chi connectivity index (χ0v) is 17.0. The molecule has 10 heteroatoms. The molecule has 1 atom stereocenters. The van der Waals surface area contributed by atoms with E-state index in [1.807, 2.05) is 6.92 Å². The molecule has 1 N–H and O–H groups in total. The van der Waals surface area contributed by atoms with Crippen LogP contribution in [0, 0.1) is 23.4 Å². The smallest absolute Gasteiger partial charge is 0.243 e. The molecule has 3 rings (SSSR count). The van der Waals surface area contributed by atoms with E-state index in [0.29, 0.717) is 31.3 Å².